The summed E-state index contributed by atoms with van der Waals surface area (Å²) < 4.78 is 46.0. The topological polar surface area (TPSA) is 52.1 Å². The van der Waals surface area contributed by atoms with E-state index in [1.165, 1.54) is 6.07 Å². The molecule has 0 aliphatic heterocycles. The molecular weight excluding hydrogens is 329 g/mol. The van der Waals surface area contributed by atoms with Gasteiger partial charge in [-0.3, -0.25) is 0 Å². The number of benzene rings is 1. The zero-order valence-corrected chi connectivity index (χ0v) is 12.1. The molecule has 0 bridgehead atoms. The summed E-state index contributed by atoms with van der Waals surface area (Å²) in [6, 6.07) is 2.86. The van der Waals surface area contributed by atoms with E-state index in [0.29, 0.717) is 5.69 Å². The molecule has 4 nitrogen and oxygen atoms in total. The molecule has 0 aliphatic carbocycles. The van der Waals surface area contributed by atoms with Crippen LogP contribution in [0.25, 0.3) is 0 Å². The minimum atomic E-state index is -4.47. The number of carbonyl (C=O) groups excluding carboxylic acids is 1. The maximum absolute atomic E-state index is 12.5. The minimum absolute atomic E-state index is 0.114. The van der Waals surface area contributed by atoms with Gasteiger partial charge >= 0.3 is 12.1 Å². The van der Waals surface area contributed by atoms with Crippen LogP contribution in [0, 0.1) is 6.92 Å². The number of esters is 1. The first-order valence-corrected chi connectivity index (χ1v) is 6.76. The summed E-state index contributed by atoms with van der Waals surface area (Å²) in [7, 11) is 0. The summed E-state index contributed by atoms with van der Waals surface area (Å²) in [5, 5.41) is 3.55. The van der Waals surface area contributed by atoms with Crippen LogP contribution in [0.15, 0.2) is 18.2 Å². The zero-order chi connectivity index (χ0) is 15.6. The molecule has 0 atom stereocenters. The van der Waals surface area contributed by atoms with E-state index in [1.807, 2.05) is 0 Å². The van der Waals surface area contributed by atoms with Crippen LogP contribution >= 0.6 is 23.1 Å². The highest BCUT2D eigenvalue weighted by molar-refractivity contribution is 7.07. The average Bonchev–Trinajstić information content (AvgIpc) is 2.82. The van der Waals surface area contributed by atoms with E-state index in [2.05, 4.69) is 9.59 Å². The van der Waals surface area contributed by atoms with E-state index in [4.69, 9.17) is 16.3 Å². The zero-order valence-electron chi connectivity index (χ0n) is 10.6. The fourth-order valence-corrected chi connectivity index (χ4v) is 2.25. The minimum Gasteiger partial charge on any atom is -0.456 e. The molecule has 0 fully saturated rings. The molecule has 21 heavy (non-hydrogen) atoms. The van der Waals surface area contributed by atoms with Crippen molar-refractivity contribution in [1.29, 1.82) is 0 Å². The molecule has 0 spiro atoms. The van der Waals surface area contributed by atoms with Gasteiger partial charge in [0.25, 0.3) is 0 Å². The number of rotatable bonds is 3. The van der Waals surface area contributed by atoms with E-state index < -0.39 is 17.7 Å². The molecule has 0 unspecified atom stereocenters. The largest absolute Gasteiger partial charge is 0.456 e. The molecule has 0 aliphatic rings. The number of ether oxygens (including phenoxy) is 1. The highest BCUT2D eigenvalue weighted by Crippen LogP contribution is 2.32. The van der Waals surface area contributed by atoms with Gasteiger partial charge in [-0.05, 0) is 30.6 Å². The lowest BCUT2D eigenvalue weighted by atomic mass is 10.1. The van der Waals surface area contributed by atoms with Gasteiger partial charge in [-0.2, -0.15) is 13.2 Å². The van der Waals surface area contributed by atoms with Crippen molar-refractivity contribution in [2.75, 3.05) is 0 Å². The van der Waals surface area contributed by atoms with Gasteiger partial charge in [-0.25, -0.2) is 4.79 Å². The highest BCUT2D eigenvalue weighted by Gasteiger charge is 2.30. The first-order valence-electron chi connectivity index (χ1n) is 5.60. The van der Waals surface area contributed by atoms with Crippen LogP contribution in [0.4, 0.5) is 13.2 Å². The lowest BCUT2D eigenvalue weighted by Gasteiger charge is -2.10. The monoisotopic (exact) mass is 336 g/mol. The molecule has 0 radical (unpaired) electrons. The van der Waals surface area contributed by atoms with Crippen molar-refractivity contribution >= 4 is 29.1 Å². The van der Waals surface area contributed by atoms with Crippen molar-refractivity contribution < 1.29 is 22.7 Å². The normalized spacial score (nSPS) is 11.5. The third kappa shape index (κ3) is 3.70. The van der Waals surface area contributed by atoms with Gasteiger partial charge in [0, 0.05) is 10.6 Å². The SMILES string of the molecule is Cc1nnsc1C(=O)OCc1ccc(C(F)(F)F)cc1Cl. The number of hydrogen-bond acceptors (Lipinski definition) is 5. The van der Waals surface area contributed by atoms with Crippen LogP contribution in [0.5, 0.6) is 0 Å². The maximum Gasteiger partial charge on any atom is 0.416 e. The number of alkyl halides is 3. The standard InChI is InChI=1S/C12H8ClF3N2O2S/c1-6-10(21-18-17-6)11(19)20-5-7-2-3-8(4-9(7)13)12(14,15)16/h2-4H,5H2,1H3. The molecule has 2 rings (SSSR count). The van der Waals surface area contributed by atoms with Gasteiger partial charge in [0.2, 0.25) is 0 Å². The summed E-state index contributed by atoms with van der Waals surface area (Å²) in [5.41, 5.74) is -0.137. The second kappa shape index (κ2) is 5.98. The summed E-state index contributed by atoms with van der Waals surface area (Å²) in [6.45, 7) is 1.37. The van der Waals surface area contributed by atoms with Crippen LogP contribution in [0.2, 0.25) is 5.02 Å². The number of nitrogens with zero attached hydrogens (tertiary/aromatic N) is 2. The lowest BCUT2D eigenvalue weighted by molar-refractivity contribution is -0.137. The van der Waals surface area contributed by atoms with Crippen molar-refractivity contribution in [3.63, 3.8) is 0 Å². The van der Waals surface area contributed by atoms with Crippen molar-refractivity contribution in [3.8, 4) is 0 Å². The molecule has 1 heterocycles. The number of hydrogen-bond donors (Lipinski definition) is 0. The fourth-order valence-electron chi connectivity index (χ4n) is 1.47. The second-order valence-electron chi connectivity index (χ2n) is 4.07. The Morgan fingerprint density at radius 3 is 2.67 bits per heavy atom. The van der Waals surface area contributed by atoms with E-state index in [0.717, 1.165) is 23.7 Å². The van der Waals surface area contributed by atoms with E-state index >= 15 is 0 Å². The predicted octanol–water partition coefficient (Wildman–Crippen LogP) is 3.88. The van der Waals surface area contributed by atoms with Gasteiger partial charge in [0.05, 0.1) is 11.3 Å². The highest BCUT2D eigenvalue weighted by atomic mass is 35.5. The lowest BCUT2D eigenvalue weighted by Crippen LogP contribution is -2.07. The molecule has 0 N–H and O–H groups in total. The Morgan fingerprint density at radius 1 is 1.43 bits per heavy atom. The number of carbonyl (C=O) groups is 1. The summed E-state index contributed by atoms with van der Waals surface area (Å²) in [4.78, 5) is 12.0. The Labute approximate surface area is 126 Å². The Balaban J connectivity index is 2.07. The first kappa shape index (κ1) is 15.7. The molecule has 112 valence electrons. The van der Waals surface area contributed by atoms with E-state index in [1.54, 1.807) is 6.92 Å². The average molecular weight is 337 g/mol. The molecule has 0 saturated heterocycles. The van der Waals surface area contributed by atoms with Gasteiger partial charge in [-0.1, -0.05) is 22.2 Å². The molecular formula is C12H8ClF3N2O2S. The van der Waals surface area contributed by atoms with Gasteiger partial charge in [0.15, 0.2) is 4.88 Å². The van der Waals surface area contributed by atoms with Gasteiger partial charge in [0.1, 0.15) is 6.61 Å². The van der Waals surface area contributed by atoms with Crippen molar-refractivity contribution in [2.24, 2.45) is 0 Å². The number of aromatic nitrogens is 2. The van der Waals surface area contributed by atoms with Crippen molar-refractivity contribution in [3.05, 3.63) is 44.9 Å². The van der Waals surface area contributed by atoms with Crippen molar-refractivity contribution in [2.45, 2.75) is 19.7 Å². The summed E-state index contributed by atoms with van der Waals surface area (Å²) in [5.74, 6) is -0.640. The summed E-state index contributed by atoms with van der Waals surface area (Å²) in [6.07, 6.45) is -4.47. The predicted molar refractivity (Wildman–Crippen MR) is 70.2 cm³/mol. The number of aryl methyl sites for hydroxylation is 1. The molecule has 0 saturated carbocycles. The third-order valence-electron chi connectivity index (χ3n) is 2.58. The molecule has 1 aromatic heterocycles. The Morgan fingerprint density at radius 2 is 2.14 bits per heavy atom. The quantitative estimate of drug-likeness (QED) is 0.798. The fraction of sp³-hybridized carbons (Fsp3) is 0.250. The van der Waals surface area contributed by atoms with E-state index in [9.17, 15) is 18.0 Å². The van der Waals surface area contributed by atoms with Crippen LogP contribution in [0.3, 0.4) is 0 Å². The molecule has 1 aromatic carbocycles. The van der Waals surface area contributed by atoms with Crippen LogP contribution < -0.4 is 0 Å². The van der Waals surface area contributed by atoms with Crippen LogP contribution in [-0.4, -0.2) is 15.6 Å². The Hall–Kier alpha value is -1.67. The van der Waals surface area contributed by atoms with Crippen LogP contribution in [0.1, 0.15) is 26.5 Å². The summed E-state index contributed by atoms with van der Waals surface area (Å²) >= 11 is 6.65. The number of halogens is 4. The third-order valence-corrected chi connectivity index (χ3v) is 3.74. The first-order chi connectivity index (χ1) is 9.79. The molecule has 2 aromatic rings. The Bertz CT molecular complexity index is 673. The smallest absolute Gasteiger partial charge is 0.416 e. The van der Waals surface area contributed by atoms with E-state index in [-0.39, 0.29) is 22.1 Å². The van der Waals surface area contributed by atoms with Gasteiger partial charge in [-0.15, -0.1) is 5.10 Å². The van der Waals surface area contributed by atoms with Crippen molar-refractivity contribution in [1.82, 2.24) is 9.59 Å². The van der Waals surface area contributed by atoms with Gasteiger partial charge < -0.3 is 4.74 Å². The molecule has 0 amide bonds. The molecule has 9 heteroatoms. The van der Waals surface area contributed by atoms with Crippen LogP contribution in [-0.2, 0) is 17.5 Å². The maximum atomic E-state index is 12.5. The Kier molecular flexibility index (Phi) is 4.48. The second-order valence-corrected chi connectivity index (χ2v) is 5.23.